The highest BCUT2D eigenvalue weighted by Gasteiger charge is 2.16. The molecular formula is C14H16FNO2. The molecule has 0 aliphatic carbocycles. The van der Waals surface area contributed by atoms with E-state index in [0.717, 1.165) is 5.56 Å². The maximum absolute atomic E-state index is 13.9. The summed E-state index contributed by atoms with van der Waals surface area (Å²) in [5.74, 6) is -0.334. The molecule has 0 amide bonds. The zero-order chi connectivity index (χ0) is 13.1. The van der Waals surface area contributed by atoms with Crippen molar-refractivity contribution in [3.05, 3.63) is 53.7 Å². The normalized spacial score (nSPS) is 12.4. The smallest absolute Gasteiger partial charge is 0.146 e. The van der Waals surface area contributed by atoms with Crippen molar-refractivity contribution in [2.24, 2.45) is 0 Å². The van der Waals surface area contributed by atoms with Gasteiger partial charge < -0.3 is 14.4 Å². The van der Waals surface area contributed by atoms with Gasteiger partial charge in [-0.25, -0.2) is 4.39 Å². The summed E-state index contributed by atoms with van der Waals surface area (Å²) in [5, 5.41) is 9.69. The first-order chi connectivity index (χ1) is 8.59. The number of hydrogen-bond acceptors (Lipinski definition) is 3. The van der Waals surface area contributed by atoms with Gasteiger partial charge in [0.05, 0.1) is 24.3 Å². The Labute approximate surface area is 105 Å². The molecule has 1 unspecified atom stereocenters. The van der Waals surface area contributed by atoms with Gasteiger partial charge in [0.25, 0.3) is 0 Å². The fourth-order valence-corrected chi connectivity index (χ4v) is 2.01. The van der Waals surface area contributed by atoms with E-state index in [-0.39, 0.29) is 5.82 Å². The van der Waals surface area contributed by atoms with Gasteiger partial charge in [-0.15, -0.1) is 0 Å². The Balaban J connectivity index is 2.31. The van der Waals surface area contributed by atoms with Crippen LogP contribution >= 0.6 is 0 Å². The summed E-state index contributed by atoms with van der Waals surface area (Å²) in [4.78, 5) is 1.77. The molecule has 0 saturated carbocycles. The lowest BCUT2D eigenvalue weighted by Gasteiger charge is -2.23. The molecule has 0 spiro atoms. The second kappa shape index (κ2) is 5.23. The number of anilines is 1. The lowest BCUT2D eigenvalue weighted by molar-refractivity contribution is 0.199. The van der Waals surface area contributed by atoms with Crippen molar-refractivity contribution in [3.63, 3.8) is 0 Å². The molecule has 1 aromatic heterocycles. The van der Waals surface area contributed by atoms with Crippen LogP contribution in [-0.4, -0.2) is 12.2 Å². The van der Waals surface area contributed by atoms with Crippen LogP contribution in [0.2, 0.25) is 0 Å². The van der Waals surface area contributed by atoms with Crippen LogP contribution in [0.4, 0.5) is 10.1 Å². The van der Waals surface area contributed by atoms with Gasteiger partial charge in [0.1, 0.15) is 5.82 Å². The van der Waals surface area contributed by atoms with Crippen molar-refractivity contribution < 1.29 is 13.9 Å². The summed E-state index contributed by atoms with van der Waals surface area (Å²) in [7, 11) is 1.79. The van der Waals surface area contributed by atoms with Gasteiger partial charge in [-0.2, -0.15) is 0 Å². The summed E-state index contributed by atoms with van der Waals surface area (Å²) in [6.07, 6.45) is 2.50. The summed E-state index contributed by atoms with van der Waals surface area (Å²) >= 11 is 0. The van der Waals surface area contributed by atoms with Crippen LogP contribution < -0.4 is 4.90 Å². The topological polar surface area (TPSA) is 36.6 Å². The van der Waals surface area contributed by atoms with Gasteiger partial charge in [0.15, 0.2) is 0 Å². The van der Waals surface area contributed by atoms with Crippen molar-refractivity contribution >= 4 is 5.69 Å². The maximum Gasteiger partial charge on any atom is 0.146 e. The molecule has 1 N–H and O–H groups in total. The number of aliphatic hydroxyl groups excluding tert-OH is 1. The average Bonchev–Trinajstić information content (AvgIpc) is 2.81. The number of para-hydroxylation sites is 1. The van der Waals surface area contributed by atoms with Gasteiger partial charge in [0.2, 0.25) is 0 Å². The average molecular weight is 249 g/mol. The van der Waals surface area contributed by atoms with Gasteiger partial charge >= 0.3 is 0 Å². The van der Waals surface area contributed by atoms with E-state index in [1.165, 1.54) is 6.07 Å². The largest absolute Gasteiger partial charge is 0.472 e. The minimum atomic E-state index is -0.706. The lowest BCUT2D eigenvalue weighted by Crippen LogP contribution is -2.19. The Morgan fingerprint density at radius 3 is 2.78 bits per heavy atom. The number of halogens is 1. The zero-order valence-electron chi connectivity index (χ0n) is 10.4. The highest BCUT2D eigenvalue weighted by Crippen LogP contribution is 2.29. The molecular weight excluding hydrogens is 233 g/mol. The molecule has 4 heteroatoms. The van der Waals surface area contributed by atoms with Crippen molar-refractivity contribution in [3.8, 4) is 0 Å². The van der Waals surface area contributed by atoms with Gasteiger partial charge in [0, 0.05) is 24.7 Å². The van der Waals surface area contributed by atoms with Crippen LogP contribution in [0.5, 0.6) is 0 Å². The van der Waals surface area contributed by atoms with E-state index in [9.17, 15) is 9.50 Å². The molecule has 2 aromatic rings. The van der Waals surface area contributed by atoms with Crippen molar-refractivity contribution in [2.75, 3.05) is 11.9 Å². The highest BCUT2D eigenvalue weighted by molar-refractivity contribution is 5.55. The minimum absolute atomic E-state index is 0.334. The Kier molecular flexibility index (Phi) is 3.67. The second-order valence-corrected chi connectivity index (χ2v) is 4.34. The molecule has 1 heterocycles. The standard InChI is InChI=1S/C14H16FNO2/c1-10(17)12-4-3-5-13(15)14(12)16(2)8-11-6-7-18-9-11/h3-7,9-10,17H,8H2,1-2H3. The fraction of sp³-hybridized carbons (Fsp3) is 0.286. The highest BCUT2D eigenvalue weighted by atomic mass is 19.1. The zero-order valence-corrected chi connectivity index (χ0v) is 10.4. The van der Waals surface area contributed by atoms with Crippen LogP contribution in [0.1, 0.15) is 24.2 Å². The van der Waals surface area contributed by atoms with Crippen molar-refractivity contribution in [2.45, 2.75) is 19.6 Å². The molecule has 2 rings (SSSR count). The number of benzene rings is 1. The molecule has 0 saturated heterocycles. The van der Waals surface area contributed by atoms with Crippen molar-refractivity contribution in [1.82, 2.24) is 0 Å². The minimum Gasteiger partial charge on any atom is -0.472 e. The molecule has 3 nitrogen and oxygen atoms in total. The fourth-order valence-electron chi connectivity index (χ4n) is 2.01. The number of rotatable bonds is 4. The third kappa shape index (κ3) is 2.54. The van der Waals surface area contributed by atoms with Gasteiger partial charge in [-0.3, -0.25) is 0 Å². The van der Waals surface area contributed by atoms with E-state index in [4.69, 9.17) is 4.42 Å². The lowest BCUT2D eigenvalue weighted by atomic mass is 10.1. The predicted molar refractivity (Wildman–Crippen MR) is 67.8 cm³/mol. The summed E-state index contributed by atoms with van der Waals surface area (Å²) in [6, 6.07) is 6.56. The van der Waals surface area contributed by atoms with Gasteiger partial charge in [-0.1, -0.05) is 12.1 Å². The van der Waals surface area contributed by atoms with Crippen LogP contribution in [0.25, 0.3) is 0 Å². The maximum atomic E-state index is 13.9. The summed E-state index contributed by atoms with van der Waals surface area (Å²) in [6.45, 7) is 2.15. The van der Waals surface area contributed by atoms with E-state index in [2.05, 4.69) is 0 Å². The third-order valence-electron chi connectivity index (χ3n) is 2.85. The number of aliphatic hydroxyl groups is 1. The van der Waals surface area contributed by atoms with Crippen molar-refractivity contribution in [1.29, 1.82) is 0 Å². The Bertz CT molecular complexity index is 509. The quantitative estimate of drug-likeness (QED) is 0.904. The van der Waals surface area contributed by atoms with E-state index in [0.29, 0.717) is 17.8 Å². The molecule has 0 radical (unpaired) electrons. The monoisotopic (exact) mass is 249 g/mol. The Morgan fingerprint density at radius 2 is 2.17 bits per heavy atom. The molecule has 1 aromatic carbocycles. The molecule has 96 valence electrons. The first kappa shape index (κ1) is 12.6. The third-order valence-corrected chi connectivity index (χ3v) is 2.85. The van der Waals surface area contributed by atoms with E-state index >= 15 is 0 Å². The number of nitrogens with zero attached hydrogens (tertiary/aromatic N) is 1. The number of hydrogen-bond donors (Lipinski definition) is 1. The van der Waals surface area contributed by atoms with E-state index < -0.39 is 6.10 Å². The number of furan rings is 1. The molecule has 1 atom stereocenters. The molecule has 18 heavy (non-hydrogen) atoms. The molecule has 0 fully saturated rings. The SMILES string of the molecule is CC(O)c1cccc(F)c1N(C)Cc1ccoc1. The van der Waals surface area contributed by atoms with E-state index in [1.54, 1.807) is 43.5 Å². The summed E-state index contributed by atoms with van der Waals surface area (Å²) < 4.78 is 18.9. The van der Waals surface area contributed by atoms with Crippen LogP contribution in [0.3, 0.4) is 0 Å². The van der Waals surface area contributed by atoms with Gasteiger partial charge in [-0.05, 0) is 19.1 Å². The first-order valence-electron chi connectivity index (χ1n) is 5.78. The first-order valence-corrected chi connectivity index (χ1v) is 5.78. The molecule has 0 bridgehead atoms. The second-order valence-electron chi connectivity index (χ2n) is 4.34. The molecule has 0 aliphatic rings. The Hall–Kier alpha value is -1.81. The Morgan fingerprint density at radius 1 is 1.39 bits per heavy atom. The van der Waals surface area contributed by atoms with Crippen LogP contribution in [0.15, 0.2) is 41.2 Å². The molecule has 0 aliphatic heterocycles. The van der Waals surface area contributed by atoms with Crippen LogP contribution in [0, 0.1) is 5.82 Å². The van der Waals surface area contributed by atoms with Crippen LogP contribution in [-0.2, 0) is 6.54 Å². The predicted octanol–water partition coefficient (Wildman–Crippen LogP) is 3.11. The summed E-state index contributed by atoms with van der Waals surface area (Å²) in [5.41, 5.74) is 1.96. The van der Waals surface area contributed by atoms with E-state index in [1.807, 2.05) is 6.07 Å².